The van der Waals surface area contributed by atoms with E-state index in [4.69, 9.17) is 5.73 Å². The molecule has 0 saturated heterocycles. The van der Waals surface area contributed by atoms with Gasteiger partial charge in [0, 0.05) is 18.0 Å². The first-order valence-electron chi connectivity index (χ1n) is 7.99. The van der Waals surface area contributed by atoms with Gasteiger partial charge >= 0.3 is 0 Å². The summed E-state index contributed by atoms with van der Waals surface area (Å²) in [6, 6.07) is 10.4. The Balaban J connectivity index is 0.00000242. The van der Waals surface area contributed by atoms with Crippen LogP contribution < -0.4 is 11.1 Å². The lowest BCUT2D eigenvalue weighted by molar-refractivity contribution is -0.131. The van der Waals surface area contributed by atoms with Gasteiger partial charge in [0.15, 0.2) is 0 Å². The summed E-state index contributed by atoms with van der Waals surface area (Å²) in [4.78, 5) is 12.7. The van der Waals surface area contributed by atoms with E-state index in [9.17, 15) is 4.79 Å². The van der Waals surface area contributed by atoms with Crippen LogP contribution in [0.1, 0.15) is 52.0 Å². The van der Waals surface area contributed by atoms with Gasteiger partial charge in [0.1, 0.15) is 0 Å². The highest BCUT2D eigenvalue weighted by molar-refractivity contribution is 5.85. The van der Waals surface area contributed by atoms with Crippen LogP contribution in [0.3, 0.4) is 0 Å². The van der Waals surface area contributed by atoms with E-state index in [1.807, 2.05) is 18.2 Å². The van der Waals surface area contributed by atoms with Gasteiger partial charge in [-0.2, -0.15) is 0 Å². The van der Waals surface area contributed by atoms with Crippen molar-refractivity contribution in [3.8, 4) is 0 Å². The maximum absolute atomic E-state index is 12.7. The van der Waals surface area contributed by atoms with Crippen LogP contribution in [0.5, 0.6) is 0 Å². The molecule has 0 bridgehead atoms. The minimum Gasteiger partial charge on any atom is -0.352 e. The molecule has 124 valence electrons. The van der Waals surface area contributed by atoms with Crippen LogP contribution in [0.15, 0.2) is 30.3 Å². The number of amides is 1. The third-order valence-corrected chi connectivity index (χ3v) is 5.38. The lowest BCUT2D eigenvalue weighted by Gasteiger charge is -2.36. The van der Waals surface area contributed by atoms with Gasteiger partial charge in [-0.15, -0.1) is 12.4 Å². The van der Waals surface area contributed by atoms with Crippen molar-refractivity contribution in [1.29, 1.82) is 0 Å². The lowest BCUT2D eigenvalue weighted by Crippen LogP contribution is -2.52. The first-order chi connectivity index (χ1) is 9.92. The largest absolute Gasteiger partial charge is 0.352 e. The fraction of sp³-hybridized carbons (Fsp3) is 0.611. The Kier molecular flexibility index (Phi) is 6.45. The fourth-order valence-electron chi connectivity index (χ4n) is 3.22. The number of benzene rings is 1. The van der Waals surface area contributed by atoms with Crippen LogP contribution in [-0.4, -0.2) is 18.5 Å². The van der Waals surface area contributed by atoms with E-state index in [0.717, 1.165) is 25.7 Å². The molecule has 4 heteroatoms. The molecule has 0 aliphatic heterocycles. The van der Waals surface area contributed by atoms with Crippen molar-refractivity contribution in [3.63, 3.8) is 0 Å². The molecule has 1 amide bonds. The van der Waals surface area contributed by atoms with Gasteiger partial charge in [-0.3, -0.25) is 4.79 Å². The number of carbonyl (C=O) groups excluding carboxylic acids is 1. The van der Waals surface area contributed by atoms with Crippen LogP contribution >= 0.6 is 12.4 Å². The summed E-state index contributed by atoms with van der Waals surface area (Å²) in [6.07, 6.45) is 4.07. The summed E-state index contributed by atoms with van der Waals surface area (Å²) in [5, 5.41) is 3.23. The Bertz CT molecular complexity index is 481. The number of nitrogens with one attached hydrogen (secondary N) is 1. The zero-order chi connectivity index (χ0) is 15.5. The summed E-state index contributed by atoms with van der Waals surface area (Å²) >= 11 is 0. The second kappa shape index (κ2) is 7.47. The second-order valence-corrected chi connectivity index (χ2v) is 6.97. The molecular weight excluding hydrogens is 296 g/mol. The first-order valence-corrected chi connectivity index (χ1v) is 7.99. The summed E-state index contributed by atoms with van der Waals surface area (Å²) in [5.41, 5.74) is 6.71. The molecule has 1 unspecified atom stereocenters. The molecule has 0 aromatic heterocycles. The SMILES string of the molecule is CC(NC(=O)C1(CN)CCCC1)C(C)(C)c1ccccc1.Cl. The molecule has 1 atom stereocenters. The molecule has 1 aromatic carbocycles. The van der Waals surface area contributed by atoms with Crippen molar-refractivity contribution in [2.45, 2.75) is 57.9 Å². The van der Waals surface area contributed by atoms with E-state index < -0.39 is 0 Å². The van der Waals surface area contributed by atoms with Crippen LogP contribution in [0.2, 0.25) is 0 Å². The normalized spacial score (nSPS) is 18.4. The molecule has 0 spiro atoms. The van der Waals surface area contributed by atoms with Crippen LogP contribution in [0.25, 0.3) is 0 Å². The number of hydrogen-bond acceptors (Lipinski definition) is 2. The molecule has 22 heavy (non-hydrogen) atoms. The molecule has 1 aliphatic rings. The highest BCUT2D eigenvalue weighted by atomic mass is 35.5. The van der Waals surface area contributed by atoms with Gasteiger partial charge in [-0.25, -0.2) is 0 Å². The van der Waals surface area contributed by atoms with E-state index in [1.165, 1.54) is 5.56 Å². The zero-order valence-corrected chi connectivity index (χ0v) is 14.7. The Hall–Kier alpha value is -1.06. The molecule has 3 N–H and O–H groups in total. The number of hydrogen-bond donors (Lipinski definition) is 2. The lowest BCUT2D eigenvalue weighted by atomic mass is 9.77. The molecular formula is C18H29ClN2O. The van der Waals surface area contributed by atoms with Gasteiger partial charge in [0.2, 0.25) is 5.91 Å². The van der Waals surface area contributed by atoms with E-state index in [2.05, 4.69) is 38.2 Å². The number of nitrogens with two attached hydrogens (primary N) is 1. The minimum absolute atomic E-state index is 0. The highest BCUT2D eigenvalue weighted by Crippen LogP contribution is 2.38. The van der Waals surface area contributed by atoms with Gasteiger partial charge < -0.3 is 11.1 Å². The van der Waals surface area contributed by atoms with E-state index in [-0.39, 0.29) is 35.2 Å². The molecule has 1 aliphatic carbocycles. The fourth-order valence-corrected chi connectivity index (χ4v) is 3.22. The van der Waals surface area contributed by atoms with E-state index in [0.29, 0.717) is 6.54 Å². The van der Waals surface area contributed by atoms with Crippen molar-refractivity contribution in [2.75, 3.05) is 6.54 Å². The van der Waals surface area contributed by atoms with Gasteiger partial charge in [0.05, 0.1) is 5.41 Å². The monoisotopic (exact) mass is 324 g/mol. The minimum atomic E-state index is -0.332. The third-order valence-electron chi connectivity index (χ3n) is 5.38. The summed E-state index contributed by atoms with van der Waals surface area (Å²) < 4.78 is 0. The molecule has 0 radical (unpaired) electrons. The quantitative estimate of drug-likeness (QED) is 0.872. The summed E-state index contributed by atoms with van der Waals surface area (Å²) in [6.45, 7) is 6.90. The Morgan fingerprint density at radius 2 is 1.82 bits per heavy atom. The van der Waals surface area contributed by atoms with E-state index in [1.54, 1.807) is 0 Å². The van der Waals surface area contributed by atoms with Crippen molar-refractivity contribution in [3.05, 3.63) is 35.9 Å². The average molecular weight is 325 g/mol. The predicted molar refractivity (Wildman–Crippen MR) is 94.3 cm³/mol. The van der Waals surface area contributed by atoms with Gasteiger partial charge in [-0.1, -0.05) is 57.0 Å². The molecule has 1 fully saturated rings. The smallest absolute Gasteiger partial charge is 0.227 e. The van der Waals surface area contributed by atoms with Crippen LogP contribution in [0, 0.1) is 5.41 Å². The van der Waals surface area contributed by atoms with Gasteiger partial charge in [0.25, 0.3) is 0 Å². The average Bonchev–Trinajstić information content (AvgIpc) is 2.98. The molecule has 2 rings (SSSR count). The van der Waals surface area contributed by atoms with Crippen LogP contribution in [0.4, 0.5) is 0 Å². The standard InChI is InChI=1S/C18H28N2O.ClH/c1-14(17(2,3)15-9-5-4-6-10-15)20-16(21)18(13-19)11-7-8-12-18;/h4-6,9-10,14H,7-8,11-13,19H2,1-3H3,(H,20,21);1H. The van der Waals surface area contributed by atoms with Crippen molar-refractivity contribution in [1.82, 2.24) is 5.32 Å². The van der Waals surface area contributed by atoms with Crippen LogP contribution in [-0.2, 0) is 10.2 Å². The Labute approximate surface area is 140 Å². The summed E-state index contributed by atoms with van der Waals surface area (Å²) in [5.74, 6) is 0.138. The topological polar surface area (TPSA) is 55.1 Å². The Morgan fingerprint density at radius 1 is 1.27 bits per heavy atom. The molecule has 0 heterocycles. The Morgan fingerprint density at radius 3 is 2.32 bits per heavy atom. The molecule has 1 saturated carbocycles. The molecule has 1 aromatic rings. The first kappa shape index (κ1) is 19.0. The number of carbonyl (C=O) groups is 1. The second-order valence-electron chi connectivity index (χ2n) is 6.97. The van der Waals surface area contributed by atoms with E-state index >= 15 is 0 Å². The number of halogens is 1. The highest BCUT2D eigenvalue weighted by Gasteiger charge is 2.41. The third kappa shape index (κ3) is 3.64. The summed E-state index contributed by atoms with van der Waals surface area (Å²) in [7, 11) is 0. The van der Waals surface area contributed by atoms with Crippen molar-refractivity contribution < 1.29 is 4.79 Å². The zero-order valence-electron chi connectivity index (χ0n) is 13.9. The van der Waals surface area contributed by atoms with Crippen molar-refractivity contribution >= 4 is 18.3 Å². The molecule has 3 nitrogen and oxygen atoms in total. The number of rotatable bonds is 5. The maximum atomic E-state index is 12.7. The predicted octanol–water partition coefficient (Wildman–Crippen LogP) is 3.41. The maximum Gasteiger partial charge on any atom is 0.227 e. The van der Waals surface area contributed by atoms with Crippen molar-refractivity contribution in [2.24, 2.45) is 11.1 Å². The van der Waals surface area contributed by atoms with Gasteiger partial charge in [-0.05, 0) is 25.3 Å².